The number of nitrogens with two attached hydrogens (primary N) is 1. The number of anilines is 1. The van der Waals surface area contributed by atoms with Crippen LogP contribution in [0.1, 0.15) is 41.7 Å². The zero-order valence-electron chi connectivity index (χ0n) is 12.2. The van der Waals surface area contributed by atoms with Crippen molar-refractivity contribution < 1.29 is 14.6 Å². The first-order valence-electron chi connectivity index (χ1n) is 6.23. The van der Waals surface area contributed by atoms with Crippen molar-refractivity contribution in [2.75, 3.05) is 5.73 Å². The molecule has 20 heavy (non-hydrogen) atoms. The first-order valence-corrected chi connectivity index (χ1v) is 7.05. The Morgan fingerprint density at radius 1 is 1.35 bits per heavy atom. The molecule has 2 aromatic heterocycles. The van der Waals surface area contributed by atoms with E-state index in [0.717, 1.165) is 0 Å². The van der Waals surface area contributed by atoms with E-state index in [1.807, 2.05) is 0 Å². The number of carbonyl (C=O) groups excluding carboxylic acids is 1. The van der Waals surface area contributed by atoms with Gasteiger partial charge in [-0.15, -0.1) is 11.3 Å². The summed E-state index contributed by atoms with van der Waals surface area (Å²) < 4.78 is 5.34. The van der Waals surface area contributed by atoms with Crippen molar-refractivity contribution in [2.45, 2.75) is 40.2 Å². The van der Waals surface area contributed by atoms with E-state index in [2.05, 4.69) is 4.98 Å². The summed E-state index contributed by atoms with van der Waals surface area (Å²) in [6.45, 7) is 8.87. The number of nitrogens with zero attached hydrogens (tertiary/aromatic N) is 1. The SMILES string of the molecule is Cc1nc2sc(C(=O)OC(C)(C)C)c(N)c2c(C)c1O. The molecule has 6 heteroatoms. The third kappa shape index (κ3) is 2.43. The maximum atomic E-state index is 12.1. The number of thiophene rings is 1. The van der Waals surface area contributed by atoms with Gasteiger partial charge in [-0.25, -0.2) is 9.78 Å². The Balaban J connectivity index is 2.60. The number of aromatic nitrogens is 1. The van der Waals surface area contributed by atoms with Crippen molar-refractivity contribution in [1.82, 2.24) is 4.98 Å². The van der Waals surface area contributed by atoms with E-state index in [1.54, 1.807) is 34.6 Å². The number of rotatable bonds is 1. The lowest BCUT2D eigenvalue weighted by atomic mass is 10.1. The van der Waals surface area contributed by atoms with Gasteiger partial charge in [-0.1, -0.05) is 0 Å². The summed E-state index contributed by atoms with van der Waals surface area (Å²) in [5.41, 5.74) is 6.93. The summed E-state index contributed by atoms with van der Waals surface area (Å²) in [5, 5.41) is 10.6. The van der Waals surface area contributed by atoms with Crippen molar-refractivity contribution in [3.8, 4) is 5.75 Å². The van der Waals surface area contributed by atoms with Crippen LogP contribution >= 0.6 is 11.3 Å². The smallest absolute Gasteiger partial charge is 0.351 e. The maximum absolute atomic E-state index is 12.1. The average molecular weight is 294 g/mol. The first-order chi connectivity index (χ1) is 9.11. The van der Waals surface area contributed by atoms with Gasteiger partial charge in [-0.3, -0.25) is 0 Å². The van der Waals surface area contributed by atoms with E-state index < -0.39 is 11.6 Å². The number of fused-ring (bicyclic) bond motifs is 1. The van der Waals surface area contributed by atoms with Gasteiger partial charge in [0, 0.05) is 10.9 Å². The fourth-order valence-electron chi connectivity index (χ4n) is 1.94. The molecule has 0 aliphatic rings. The Labute approximate surface area is 121 Å². The van der Waals surface area contributed by atoms with E-state index in [-0.39, 0.29) is 5.75 Å². The third-order valence-corrected chi connectivity index (χ3v) is 3.93. The van der Waals surface area contributed by atoms with E-state index in [1.165, 1.54) is 11.3 Å². The number of ether oxygens (including phenoxy) is 1. The fourth-order valence-corrected chi connectivity index (χ4v) is 3.02. The molecule has 0 radical (unpaired) electrons. The summed E-state index contributed by atoms with van der Waals surface area (Å²) in [7, 11) is 0. The molecule has 0 aliphatic carbocycles. The second-order valence-corrected chi connectivity index (χ2v) is 6.70. The molecule has 0 amide bonds. The molecule has 3 N–H and O–H groups in total. The normalized spacial score (nSPS) is 11.8. The summed E-state index contributed by atoms with van der Waals surface area (Å²) in [6, 6.07) is 0. The zero-order chi connectivity index (χ0) is 15.2. The minimum Gasteiger partial charge on any atom is -0.506 e. The quantitative estimate of drug-likeness (QED) is 0.789. The van der Waals surface area contributed by atoms with Crippen LogP contribution in [0.5, 0.6) is 5.75 Å². The van der Waals surface area contributed by atoms with Crippen LogP contribution in [-0.2, 0) is 4.74 Å². The molecule has 108 valence electrons. The fraction of sp³-hybridized carbons (Fsp3) is 0.429. The standard InChI is InChI=1S/C14H18N2O3S/c1-6-8-9(15)11(13(18)19-14(3,4)5)20-12(8)16-7(2)10(6)17/h17H,15H2,1-5H3. The van der Waals surface area contributed by atoms with E-state index in [0.29, 0.717) is 32.0 Å². The summed E-state index contributed by atoms with van der Waals surface area (Å²) in [6.07, 6.45) is 0. The van der Waals surface area contributed by atoms with Crippen LogP contribution in [0.3, 0.4) is 0 Å². The average Bonchev–Trinajstić information content (AvgIpc) is 2.61. The van der Waals surface area contributed by atoms with Crippen molar-refractivity contribution in [3.05, 3.63) is 16.1 Å². The number of nitrogen functional groups attached to an aromatic ring is 1. The van der Waals surface area contributed by atoms with Crippen molar-refractivity contribution in [1.29, 1.82) is 0 Å². The molecule has 0 unspecified atom stereocenters. The molecule has 0 fully saturated rings. The van der Waals surface area contributed by atoms with Crippen LogP contribution in [0.2, 0.25) is 0 Å². The van der Waals surface area contributed by atoms with Gasteiger partial charge in [0.15, 0.2) is 0 Å². The van der Waals surface area contributed by atoms with Crippen LogP contribution in [0.25, 0.3) is 10.2 Å². The second-order valence-electron chi connectivity index (χ2n) is 5.70. The molecule has 0 saturated heterocycles. The highest BCUT2D eigenvalue weighted by molar-refractivity contribution is 7.21. The Morgan fingerprint density at radius 3 is 2.50 bits per heavy atom. The lowest BCUT2D eigenvalue weighted by Gasteiger charge is -2.18. The van der Waals surface area contributed by atoms with Crippen LogP contribution in [0.15, 0.2) is 0 Å². The topological polar surface area (TPSA) is 85.4 Å². The molecule has 0 aliphatic heterocycles. The summed E-state index contributed by atoms with van der Waals surface area (Å²) >= 11 is 1.19. The minimum absolute atomic E-state index is 0.109. The molecule has 0 spiro atoms. The van der Waals surface area contributed by atoms with E-state index in [9.17, 15) is 9.90 Å². The van der Waals surface area contributed by atoms with Gasteiger partial charge < -0.3 is 15.6 Å². The van der Waals surface area contributed by atoms with Gasteiger partial charge in [-0.05, 0) is 34.6 Å². The third-order valence-electron chi connectivity index (χ3n) is 2.85. The highest BCUT2D eigenvalue weighted by Crippen LogP contribution is 2.39. The van der Waals surface area contributed by atoms with Gasteiger partial charge in [0.05, 0.1) is 11.4 Å². The van der Waals surface area contributed by atoms with Crippen molar-refractivity contribution in [3.63, 3.8) is 0 Å². The Morgan fingerprint density at radius 2 is 1.95 bits per heavy atom. The van der Waals surface area contributed by atoms with Gasteiger partial charge in [0.25, 0.3) is 0 Å². The molecule has 2 aromatic rings. The number of pyridine rings is 1. The Bertz CT molecular complexity index is 699. The van der Waals surface area contributed by atoms with Crippen molar-refractivity contribution in [2.24, 2.45) is 0 Å². The van der Waals surface area contributed by atoms with Crippen LogP contribution < -0.4 is 5.73 Å². The van der Waals surface area contributed by atoms with Gasteiger partial charge >= 0.3 is 5.97 Å². The molecule has 0 bridgehead atoms. The molecule has 2 heterocycles. The maximum Gasteiger partial charge on any atom is 0.351 e. The molecule has 2 rings (SSSR count). The number of carbonyl (C=O) groups is 1. The number of esters is 1. The van der Waals surface area contributed by atoms with Crippen molar-refractivity contribution >= 4 is 33.2 Å². The molecule has 0 saturated carbocycles. The van der Waals surface area contributed by atoms with Crippen LogP contribution in [0.4, 0.5) is 5.69 Å². The van der Waals surface area contributed by atoms with E-state index in [4.69, 9.17) is 10.5 Å². The van der Waals surface area contributed by atoms with Gasteiger partial charge in [-0.2, -0.15) is 0 Å². The molecular weight excluding hydrogens is 276 g/mol. The monoisotopic (exact) mass is 294 g/mol. The second kappa shape index (κ2) is 4.63. The first kappa shape index (κ1) is 14.6. The van der Waals surface area contributed by atoms with Crippen LogP contribution in [0, 0.1) is 13.8 Å². The summed E-state index contributed by atoms with van der Waals surface area (Å²) in [4.78, 5) is 17.4. The Kier molecular flexibility index (Phi) is 3.37. The predicted octanol–water partition coefficient (Wildman–Crippen LogP) is 3.16. The summed E-state index contributed by atoms with van der Waals surface area (Å²) in [5.74, 6) is -0.354. The molecular formula is C14H18N2O3S. The Hall–Kier alpha value is -1.82. The van der Waals surface area contributed by atoms with E-state index >= 15 is 0 Å². The minimum atomic E-state index is -0.583. The van der Waals surface area contributed by atoms with Crippen LogP contribution in [-0.4, -0.2) is 21.7 Å². The lowest BCUT2D eigenvalue weighted by Crippen LogP contribution is -2.23. The number of hydrogen-bond acceptors (Lipinski definition) is 6. The lowest BCUT2D eigenvalue weighted by molar-refractivity contribution is 0.00764. The molecule has 5 nitrogen and oxygen atoms in total. The predicted molar refractivity (Wildman–Crippen MR) is 80.3 cm³/mol. The van der Waals surface area contributed by atoms with Gasteiger partial charge in [0.2, 0.25) is 0 Å². The largest absolute Gasteiger partial charge is 0.506 e. The highest BCUT2D eigenvalue weighted by atomic mass is 32.1. The van der Waals surface area contributed by atoms with Gasteiger partial charge in [0.1, 0.15) is 21.1 Å². The molecule has 0 aromatic carbocycles. The highest BCUT2D eigenvalue weighted by Gasteiger charge is 2.25. The number of aryl methyl sites for hydroxylation is 2. The molecule has 0 atom stereocenters. The number of aromatic hydroxyl groups is 1. The zero-order valence-corrected chi connectivity index (χ0v) is 13.0. The number of hydrogen-bond donors (Lipinski definition) is 2.